The molecule has 35 heavy (non-hydrogen) atoms. The maximum absolute atomic E-state index is 13.0. The number of pyridine rings is 1. The summed E-state index contributed by atoms with van der Waals surface area (Å²) < 4.78 is 0. The standard InChI is InChI=1S/C27H22Cl2N4O2/c28-23-8-6-19(16-22(23)25-20-4-2-1-3-17(20)9-10-31-25)32-26(34)21-7-5-18(15-24(21)29)27(35)33-13-11-30-12-14-33/h1-10,15-16,30H,11-14H2,(H,32,34). The van der Waals surface area contributed by atoms with Crippen molar-refractivity contribution in [2.24, 2.45) is 0 Å². The van der Waals surface area contributed by atoms with E-state index in [1.807, 2.05) is 30.3 Å². The lowest BCUT2D eigenvalue weighted by molar-refractivity contribution is 0.0735. The van der Waals surface area contributed by atoms with E-state index in [2.05, 4.69) is 15.6 Å². The van der Waals surface area contributed by atoms with Gasteiger partial charge in [0.2, 0.25) is 0 Å². The zero-order valence-corrected chi connectivity index (χ0v) is 20.2. The molecule has 2 heterocycles. The molecule has 176 valence electrons. The molecule has 8 heteroatoms. The van der Waals surface area contributed by atoms with Gasteiger partial charge in [-0.2, -0.15) is 0 Å². The minimum atomic E-state index is -0.379. The predicted molar refractivity (Wildman–Crippen MR) is 140 cm³/mol. The van der Waals surface area contributed by atoms with E-state index in [-0.39, 0.29) is 22.4 Å². The molecule has 0 aliphatic carbocycles. The van der Waals surface area contributed by atoms with Crippen LogP contribution in [0.15, 0.2) is 72.9 Å². The van der Waals surface area contributed by atoms with E-state index in [1.54, 1.807) is 47.5 Å². The number of amides is 2. The molecule has 0 unspecified atom stereocenters. The van der Waals surface area contributed by atoms with Crippen molar-refractivity contribution in [3.8, 4) is 11.3 Å². The van der Waals surface area contributed by atoms with Gasteiger partial charge in [-0.1, -0.05) is 47.5 Å². The number of benzene rings is 3. The lowest BCUT2D eigenvalue weighted by Crippen LogP contribution is -2.46. The number of piperazine rings is 1. The molecule has 0 spiro atoms. The second-order valence-corrected chi connectivity index (χ2v) is 9.08. The Morgan fingerprint density at radius 1 is 0.914 bits per heavy atom. The number of carbonyl (C=O) groups excluding carboxylic acids is 2. The molecule has 2 amide bonds. The number of hydrogen-bond donors (Lipinski definition) is 2. The highest BCUT2D eigenvalue weighted by Gasteiger charge is 2.20. The first kappa shape index (κ1) is 23.3. The maximum atomic E-state index is 13.0. The highest BCUT2D eigenvalue weighted by Crippen LogP contribution is 2.34. The van der Waals surface area contributed by atoms with Crippen LogP contribution >= 0.6 is 23.2 Å². The van der Waals surface area contributed by atoms with Crippen molar-refractivity contribution in [3.05, 3.63) is 94.1 Å². The number of nitrogens with zero attached hydrogens (tertiary/aromatic N) is 2. The van der Waals surface area contributed by atoms with Crippen molar-refractivity contribution < 1.29 is 9.59 Å². The molecule has 5 rings (SSSR count). The molecule has 0 atom stereocenters. The first-order valence-electron chi connectivity index (χ1n) is 11.3. The third-order valence-corrected chi connectivity index (χ3v) is 6.66. The van der Waals surface area contributed by atoms with Crippen molar-refractivity contribution in [2.45, 2.75) is 0 Å². The van der Waals surface area contributed by atoms with Gasteiger partial charge in [-0.3, -0.25) is 14.6 Å². The summed E-state index contributed by atoms with van der Waals surface area (Å²) in [6.07, 6.45) is 1.74. The maximum Gasteiger partial charge on any atom is 0.257 e. The molecule has 1 saturated heterocycles. The second-order valence-electron chi connectivity index (χ2n) is 8.27. The van der Waals surface area contributed by atoms with E-state index >= 15 is 0 Å². The zero-order valence-electron chi connectivity index (χ0n) is 18.7. The van der Waals surface area contributed by atoms with E-state index in [0.29, 0.717) is 34.9 Å². The number of halogens is 2. The highest BCUT2D eigenvalue weighted by molar-refractivity contribution is 6.35. The number of fused-ring (bicyclic) bond motifs is 1. The lowest BCUT2D eigenvalue weighted by atomic mass is 10.0. The van der Waals surface area contributed by atoms with Gasteiger partial charge < -0.3 is 15.5 Å². The Hall–Kier alpha value is -3.45. The third-order valence-electron chi connectivity index (χ3n) is 6.02. The Balaban J connectivity index is 1.39. The van der Waals surface area contributed by atoms with E-state index in [0.717, 1.165) is 29.6 Å². The summed E-state index contributed by atoms with van der Waals surface area (Å²) in [7, 11) is 0. The van der Waals surface area contributed by atoms with Crippen LogP contribution in [0.4, 0.5) is 5.69 Å². The fourth-order valence-corrected chi connectivity index (χ4v) is 4.67. The number of aromatic nitrogens is 1. The minimum absolute atomic E-state index is 0.0923. The molecule has 3 aromatic carbocycles. The summed E-state index contributed by atoms with van der Waals surface area (Å²) in [5, 5.41) is 8.86. The summed E-state index contributed by atoms with van der Waals surface area (Å²) in [5.74, 6) is -0.472. The molecule has 0 saturated carbocycles. The zero-order chi connectivity index (χ0) is 24.4. The molecule has 2 N–H and O–H groups in total. The molecular formula is C27H22Cl2N4O2. The average molecular weight is 505 g/mol. The lowest BCUT2D eigenvalue weighted by Gasteiger charge is -2.27. The van der Waals surface area contributed by atoms with Gasteiger partial charge in [0.15, 0.2) is 0 Å². The van der Waals surface area contributed by atoms with Gasteiger partial charge >= 0.3 is 0 Å². The summed E-state index contributed by atoms with van der Waals surface area (Å²) in [5.41, 5.74) is 2.75. The third kappa shape index (κ3) is 4.86. The summed E-state index contributed by atoms with van der Waals surface area (Å²) in [6.45, 7) is 2.81. The molecule has 1 aromatic heterocycles. The number of rotatable bonds is 4. The van der Waals surface area contributed by atoms with E-state index in [9.17, 15) is 9.59 Å². The van der Waals surface area contributed by atoms with Crippen LogP contribution < -0.4 is 10.6 Å². The van der Waals surface area contributed by atoms with Gasteiger partial charge in [0.25, 0.3) is 11.8 Å². The Kier molecular flexibility index (Phi) is 6.68. The number of carbonyl (C=O) groups is 2. The van der Waals surface area contributed by atoms with Crippen molar-refractivity contribution in [1.82, 2.24) is 15.2 Å². The highest BCUT2D eigenvalue weighted by atomic mass is 35.5. The van der Waals surface area contributed by atoms with Gasteiger partial charge in [0, 0.05) is 54.6 Å². The van der Waals surface area contributed by atoms with Crippen molar-refractivity contribution in [1.29, 1.82) is 0 Å². The fraction of sp³-hybridized carbons (Fsp3) is 0.148. The van der Waals surface area contributed by atoms with E-state index < -0.39 is 0 Å². The van der Waals surface area contributed by atoms with Gasteiger partial charge in [0.05, 0.1) is 21.3 Å². The quantitative estimate of drug-likeness (QED) is 0.384. The monoisotopic (exact) mass is 504 g/mol. The topological polar surface area (TPSA) is 74.3 Å². The summed E-state index contributed by atoms with van der Waals surface area (Å²) in [6, 6.07) is 19.9. The normalized spacial score (nSPS) is 13.6. The number of anilines is 1. The van der Waals surface area contributed by atoms with Crippen LogP contribution in [0.1, 0.15) is 20.7 Å². The molecule has 1 aliphatic rings. The smallest absolute Gasteiger partial charge is 0.257 e. The van der Waals surface area contributed by atoms with Crippen LogP contribution in [0.2, 0.25) is 10.0 Å². The van der Waals surface area contributed by atoms with Gasteiger partial charge in [-0.25, -0.2) is 0 Å². The summed E-state index contributed by atoms with van der Waals surface area (Å²) in [4.78, 5) is 32.1. The van der Waals surface area contributed by atoms with Crippen molar-refractivity contribution in [2.75, 3.05) is 31.5 Å². The molecule has 6 nitrogen and oxygen atoms in total. The van der Waals surface area contributed by atoms with Crippen LogP contribution in [0.5, 0.6) is 0 Å². The fourth-order valence-electron chi connectivity index (χ4n) is 4.20. The molecular weight excluding hydrogens is 483 g/mol. The average Bonchev–Trinajstić information content (AvgIpc) is 2.89. The van der Waals surface area contributed by atoms with Crippen LogP contribution in [0.25, 0.3) is 22.0 Å². The molecule has 1 aliphatic heterocycles. The first-order valence-corrected chi connectivity index (χ1v) is 12.0. The van der Waals surface area contributed by atoms with Crippen LogP contribution in [0, 0.1) is 0 Å². The van der Waals surface area contributed by atoms with Crippen molar-refractivity contribution in [3.63, 3.8) is 0 Å². The van der Waals surface area contributed by atoms with E-state index in [1.165, 1.54) is 0 Å². The Morgan fingerprint density at radius 3 is 2.51 bits per heavy atom. The van der Waals surface area contributed by atoms with Crippen LogP contribution in [-0.4, -0.2) is 47.9 Å². The van der Waals surface area contributed by atoms with Gasteiger partial charge in [0.1, 0.15) is 0 Å². The first-order chi connectivity index (χ1) is 17.0. The van der Waals surface area contributed by atoms with Crippen molar-refractivity contribution >= 4 is 51.5 Å². The summed E-state index contributed by atoms with van der Waals surface area (Å²) >= 11 is 12.9. The van der Waals surface area contributed by atoms with Gasteiger partial charge in [-0.15, -0.1) is 0 Å². The number of hydrogen-bond acceptors (Lipinski definition) is 4. The molecule has 0 radical (unpaired) electrons. The second kappa shape index (κ2) is 10.0. The molecule has 0 bridgehead atoms. The Bertz CT molecular complexity index is 1430. The predicted octanol–water partition coefficient (Wildman–Crippen LogP) is 5.51. The van der Waals surface area contributed by atoms with E-state index in [4.69, 9.17) is 23.2 Å². The SMILES string of the molecule is O=C(Nc1ccc(Cl)c(-c2nccc3ccccc23)c1)c1ccc(C(=O)N2CCNCC2)cc1Cl. The molecule has 4 aromatic rings. The minimum Gasteiger partial charge on any atom is -0.336 e. The Labute approximate surface area is 212 Å². The molecule has 1 fully saturated rings. The largest absolute Gasteiger partial charge is 0.336 e. The van der Waals surface area contributed by atoms with Gasteiger partial charge in [-0.05, 0) is 47.9 Å². The van der Waals surface area contributed by atoms with Crippen LogP contribution in [0.3, 0.4) is 0 Å². The number of nitrogens with one attached hydrogen (secondary N) is 2. The Morgan fingerprint density at radius 2 is 1.71 bits per heavy atom. The van der Waals surface area contributed by atoms with Crippen LogP contribution in [-0.2, 0) is 0 Å².